The topological polar surface area (TPSA) is 79.0 Å². The van der Waals surface area contributed by atoms with E-state index in [0.717, 1.165) is 28.3 Å². The second-order valence-corrected chi connectivity index (χ2v) is 10.5. The van der Waals surface area contributed by atoms with Crippen LogP contribution in [0, 0.1) is 0 Å². The first kappa shape index (κ1) is 27.9. The summed E-state index contributed by atoms with van der Waals surface area (Å²) in [6, 6.07) is 27.7. The monoisotopic (exact) mass is 549 g/mol. The lowest BCUT2D eigenvalue weighted by Crippen LogP contribution is -2.54. The molecule has 210 valence electrons. The van der Waals surface area contributed by atoms with Crippen LogP contribution in [0.3, 0.4) is 0 Å². The van der Waals surface area contributed by atoms with E-state index in [9.17, 15) is 14.4 Å². The van der Waals surface area contributed by atoms with Gasteiger partial charge in [-0.2, -0.15) is 0 Å². The number of hydrogen-bond acceptors (Lipinski definition) is 4. The Bertz CT molecular complexity index is 1560. The van der Waals surface area contributed by atoms with Gasteiger partial charge in [-0.15, -0.1) is 0 Å². The van der Waals surface area contributed by atoms with Crippen molar-refractivity contribution in [2.75, 3.05) is 18.6 Å². The zero-order chi connectivity index (χ0) is 28.9. The van der Waals surface area contributed by atoms with Gasteiger partial charge in [-0.1, -0.05) is 73.7 Å². The van der Waals surface area contributed by atoms with E-state index in [1.165, 1.54) is 4.90 Å². The third kappa shape index (κ3) is 5.94. The number of carbonyl (C=O) groups is 3. The summed E-state index contributed by atoms with van der Waals surface area (Å²) in [7, 11) is 1.59. The average Bonchev–Trinajstić information content (AvgIpc) is 3.27. The predicted molar refractivity (Wildman–Crippen MR) is 161 cm³/mol. The van der Waals surface area contributed by atoms with E-state index in [0.29, 0.717) is 23.4 Å². The Morgan fingerprint density at radius 3 is 2.37 bits per heavy atom. The molecule has 0 unspecified atom stereocenters. The number of methoxy groups -OCH3 is 1. The van der Waals surface area contributed by atoms with Crippen LogP contribution in [0.4, 0.5) is 5.69 Å². The molecule has 1 heterocycles. The minimum Gasteiger partial charge on any atom is -0.497 e. The molecule has 4 aromatic rings. The Hall–Kier alpha value is -4.65. The molecule has 41 heavy (non-hydrogen) atoms. The van der Waals surface area contributed by atoms with E-state index >= 15 is 0 Å². The number of rotatable bonds is 11. The van der Waals surface area contributed by atoms with E-state index < -0.39 is 6.04 Å². The fourth-order valence-electron chi connectivity index (χ4n) is 5.32. The molecule has 4 aromatic carbocycles. The zero-order valence-corrected chi connectivity index (χ0v) is 23.7. The van der Waals surface area contributed by atoms with Crippen LogP contribution in [0.25, 0.3) is 10.8 Å². The molecule has 1 aliphatic heterocycles. The van der Waals surface area contributed by atoms with Gasteiger partial charge in [-0.25, -0.2) is 0 Å². The minimum atomic E-state index is -0.791. The summed E-state index contributed by atoms with van der Waals surface area (Å²) in [5, 5.41) is 4.89. The van der Waals surface area contributed by atoms with E-state index in [2.05, 4.69) is 5.32 Å². The number of anilines is 1. The number of nitrogens with zero attached hydrogens (tertiary/aromatic N) is 2. The number of nitrogens with one attached hydrogen (secondary N) is 1. The lowest BCUT2D eigenvalue weighted by atomic mass is 10.0. The highest BCUT2D eigenvalue weighted by molar-refractivity contribution is 6.26. The van der Waals surface area contributed by atoms with Gasteiger partial charge in [-0.3, -0.25) is 19.3 Å². The smallest absolute Gasteiger partial charge is 0.259 e. The highest BCUT2D eigenvalue weighted by Crippen LogP contribution is 2.37. The molecule has 0 spiro atoms. The van der Waals surface area contributed by atoms with Crippen molar-refractivity contribution in [2.45, 2.75) is 45.3 Å². The van der Waals surface area contributed by atoms with Gasteiger partial charge < -0.3 is 15.0 Å². The van der Waals surface area contributed by atoms with E-state index in [4.69, 9.17) is 4.74 Å². The lowest BCUT2D eigenvalue weighted by molar-refractivity contribution is -0.140. The largest absolute Gasteiger partial charge is 0.497 e. The van der Waals surface area contributed by atoms with Gasteiger partial charge in [0, 0.05) is 30.0 Å². The van der Waals surface area contributed by atoms with E-state index in [1.54, 1.807) is 18.1 Å². The highest BCUT2D eigenvalue weighted by atomic mass is 16.5. The molecule has 0 aromatic heterocycles. The van der Waals surface area contributed by atoms with Crippen molar-refractivity contribution in [2.24, 2.45) is 0 Å². The SMILES string of the molecule is CC[C@H](C)NC(=O)[C@@H](Cc1ccccc1)N(Cc1cccc(OC)c1)C(=O)CN1C(=O)c2cccc3cccc1c23. The zero-order valence-electron chi connectivity index (χ0n) is 23.7. The number of hydrogen-bond donors (Lipinski definition) is 1. The Morgan fingerprint density at radius 1 is 0.927 bits per heavy atom. The summed E-state index contributed by atoms with van der Waals surface area (Å²) in [4.78, 5) is 44.7. The average molecular weight is 550 g/mol. The molecule has 0 aliphatic carbocycles. The standard InChI is InChI=1S/C34H35N3O4/c1-4-23(2)35-33(39)30(20-24-11-6-5-7-12-24)36(21-25-13-8-16-27(19-25)41-3)31(38)22-37-29-18-10-15-26-14-9-17-28(32(26)29)34(37)40/h5-19,23,30H,4,20-22H2,1-3H3,(H,35,39)/t23-,30+/m0/s1. The number of amides is 3. The van der Waals surface area contributed by atoms with E-state index in [1.807, 2.05) is 98.8 Å². The fraction of sp³-hybridized carbons (Fsp3) is 0.265. The maximum atomic E-state index is 14.3. The van der Waals surface area contributed by atoms with Crippen LogP contribution in [0.15, 0.2) is 91.0 Å². The Labute approximate surface area is 240 Å². The molecule has 7 heteroatoms. The first-order valence-corrected chi connectivity index (χ1v) is 14.0. The van der Waals surface area contributed by atoms with Gasteiger partial charge in [-0.05, 0) is 54.1 Å². The summed E-state index contributed by atoms with van der Waals surface area (Å²) in [6.07, 6.45) is 1.10. The van der Waals surface area contributed by atoms with Crippen molar-refractivity contribution in [1.82, 2.24) is 10.2 Å². The third-order valence-electron chi connectivity index (χ3n) is 7.70. The van der Waals surface area contributed by atoms with Gasteiger partial charge in [0.1, 0.15) is 18.3 Å². The molecule has 2 atom stereocenters. The van der Waals surface area contributed by atoms with Crippen LogP contribution in [0.5, 0.6) is 5.75 Å². The quantitative estimate of drug-likeness (QED) is 0.273. The van der Waals surface area contributed by atoms with Gasteiger partial charge >= 0.3 is 0 Å². The van der Waals surface area contributed by atoms with Crippen molar-refractivity contribution in [1.29, 1.82) is 0 Å². The number of carbonyl (C=O) groups excluding carboxylic acids is 3. The van der Waals surface area contributed by atoms with E-state index in [-0.39, 0.29) is 36.9 Å². The third-order valence-corrected chi connectivity index (χ3v) is 7.70. The van der Waals surface area contributed by atoms with Crippen LogP contribution in [-0.2, 0) is 22.6 Å². The second-order valence-electron chi connectivity index (χ2n) is 10.5. The first-order chi connectivity index (χ1) is 19.9. The highest BCUT2D eigenvalue weighted by Gasteiger charge is 2.36. The molecular formula is C34H35N3O4. The molecule has 0 fully saturated rings. The molecule has 1 N–H and O–H groups in total. The Balaban J connectivity index is 1.52. The van der Waals surface area contributed by atoms with Crippen LogP contribution in [0.2, 0.25) is 0 Å². The first-order valence-electron chi connectivity index (χ1n) is 14.0. The van der Waals surface area contributed by atoms with Crippen molar-refractivity contribution >= 4 is 34.2 Å². The molecule has 1 aliphatic rings. The fourth-order valence-corrected chi connectivity index (χ4v) is 5.32. The van der Waals surface area contributed by atoms with Gasteiger partial charge in [0.25, 0.3) is 5.91 Å². The van der Waals surface area contributed by atoms with Gasteiger partial charge in [0.05, 0.1) is 12.8 Å². The van der Waals surface area contributed by atoms with Crippen molar-refractivity contribution in [3.63, 3.8) is 0 Å². The Morgan fingerprint density at radius 2 is 1.63 bits per heavy atom. The summed E-state index contributed by atoms with van der Waals surface area (Å²) < 4.78 is 5.42. The molecule has 0 radical (unpaired) electrons. The molecule has 7 nitrogen and oxygen atoms in total. The number of ether oxygens (including phenoxy) is 1. The lowest BCUT2D eigenvalue weighted by Gasteiger charge is -2.33. The molecule has 0 saturated heterocycles. The second kappa shape index (κ2) is 12.3. The maximum absolute atomic E-state index is 14.3. The summed E-state index contributed by atoms with van der Waals surface area (Å²) >= 11 is 0. The Kier molecular flexibility index (Phi) is 8.34. The molecule has 0 bridgehead atoms. The van der Waals surface area contributed by atoms with Crippen molar-refractivity contribution in [3.8, 4) is 5.75 Å². The minimum absolute atomic E-state index is 0.0539. The van der Waals surface area contributed by atoms with Crippen molar-refractivity contribution < 1.29 is 19.1 Å². The van der Waals surface area contributed by atoms with Crippen LogP contribution in [0.1, 0.15) is 41.8 Å². The van der Waals surface area contributed by atoms with Crippen molar-refractivity contribution in [3.05, 3.63) is 108 Å². The number of benzene rings is 4. The maximum Gasteiger partial charge on any atom is 0.259 e. The predicted octanol–water partition coefficient (Wildman–Crippen LogP) is 5.36. The summed E-state index contributed by atoms with van der Waals surface area (Å²) in [5.41, 5.74) is 3.06. The summed E-state index contributed by atoms with van der Waals surface area (Å²) in [6.45, 7) is 3.96. The van der Waals surface area contributed by atoms with Crippen LogP contribution < -0.4 is 15.0 Å². The van der Waals surface area contributed by atoms with Gasteiger partial charge in [0.15, 0.2) is 0 Å². The van der Waals surface area contributed by atoms with Gasteiger partial charge in [0.2, 0.25) is 11.8 Å². The van der Waals surface area contributed by atoms with Crippen LogP contribution in [-0.4, -0.2) is 48.4 Å². The molecular weight excluding hydrogens is 514 g/mol. The summed E-state index contributed by atoms with van der Waals surface area (Å²) in [5.74, 6) is -0.0886. The molecule has 5 rings (SSSR count). The molecule has 0 saturated carbocycles. The molecule has 3 amide bonds. The van der Waals surface area contributed by atoms with Crippen LogP contribution >= 0.6 is 0 Å². The normalized spacial score (nSPS) is 13.6.